The van der Waals surface area contributed by atoms with Crippen molar-refractivity contribution >= 4 is 5.82 Å². The Labute approximate surface area is 120 Å². The molecule has 5 heteroatoms. The van der Waals surface area contributed by atoms with Gasteiger partial charge < -0.3 is 9.80 Å². The predicted molar refractivity (Wildman–Crippen MR) is 77.4 cm³/mol. The molecule has 5 nitrogen and oxygen atoms in total. The molecule has 0 aromatic carbocycles. The largest absolute Gasteiger partial charge is 0.354 e. The average Bonchev–Trinajstić information content (AvgIpc) is 2.95. The number of rotatable bonds is 3. The van der Waals surface area contributed by atoms with Crippen molar-refractivity contribution in [3.8, 4) is 12.1 Å². The summed E-state index contributed by atoms with van der Waals surface area (Å²) in [6, 6.07) is 4.86. The van der Waals surface area contributed by atoms with Gasteiger partial charge in [0, 0.05) is 25.3 Å². The van der Waals surface area contributed by atoms with Crippen LogP contribution in [0, 0.1) is 22.7 Å². The number of anilines is 1. The SMILES string of the molecule is CCc1c(C#N)cnc(N2CCC(N(C)C)C2)c1C#N. The molecule has 0 saturated carbocycles. The molecule has 0 amide bonds. The highest BCUT2D eigenvalue weighted by Crippen LogP contribution is 2.27. The van der Waals surface area contributed by atoms with Crippen LogP contribution in [0.3, 0.4) is 0 Å². The number of pyridine rings is 1. The highest BCUT2D eigenvalue weighted by atomic mass is 15.3. The molecule has 104 valence electrons. The zero-order valence-corrected chi connectivity index (χ0v) is 12.2. The van der Waals surface area contributed by atoms with E-state index in [-0.39, 0.29) is 0 Å². The summed E-state index contributed by atoms with van der Waals surface area (Å²) in [4.78, 5) is 8.73. The standard InChI is InChI=1S/C15H19N5/c1-4-13-11(7-16)9-18-15(14(13)8-17)20-6-5-12(10-20)19(2)3/h9,12H,4-6,10H2,1-3H3. The van der Waals surface area contributed by atoms with E-state index in [1.165, 1.54) is 0 Å². The van der Waals surface area contributed by atoms with Gasteiger partial charge in [-0.3, -0.25) is 0 Å². The van der Waals surface area contributed by atoms with E-state index >= 15 is 0 Å². The molecule has 0 aliphatic carbocycles. The maximum Gasteiger partial charge on any atom is 0.146 e. The topological polar surface area (TPSA) is 67.0 Å². The maximum absolute atomic E-state index is 9.45. The first kappa shape index (κ1) is 14.3. The van der Waals surface area contributed by atoms with E-state index in [0.29, 0.717) is 23.6 Å². The number of nitrogens with zero attached hydrogens (tertiary/aromatic N) is 5. The van der Waals surface area contributed by atoms with Crippen LogP contribution in [0.25, 0.3) is 0 Å². The van der Waals surface area contributed by atoms with Gasteiger partial charge in [0.1, 0.15) is 18.0 Å². The lowest BCUT2D eigenvalue weighted by Gasteiger charge is -2.22. The molecule has 0 bridgehead atoms. The molecule has 2 rings (SSSR count). The van der Waals surface area contributed by atoms with Crippen LogP contribution in [0.15, 0.2) is 6.20 Å². The van der Waals surface area contributed by atoms with Gasteiger partial charge >= 0.3 is 0 Å². The Morgan fingerprint density at radius 1 is 1.40 bits per heavy atom. The quantitative estimate of drug-likeness (QED) is 0.832. The number of hydrogen-bond acceptors (Lipinski definition) is 5. The lowest BCUT2D eigenvalue weighted by Crippen LogP contribution is -2.32. The van der Waals surface area contributed by atoms with Gasteiger partial charge in [0.05, 0.1) is 11.1 Å². The first-order valence-corrected chi connectivity index (χ1v) is 6.85. The van der Waals surface area contributed by atoms with Crippen LogP contribution in [0.5, 0.6) is 0 Å². The minimum Gasteiger partial charge on any atom is -0.354 e. The summed E-state index contributed by atoms with van der Waals surface area (Å²) in [6.07, 6.45) is 3.34. The van der Waals surface area contributed by atoms with E-state index in [9.17, 15) is 5.26 Å². The zero-order chi connectivity index (χ0) is 14.7. The fraction of sp³-hybridized carbons (Fsp3) is 0.533. The van der Waals surface area contributed by atoms with Gasteiger partial charge in [-0.2, -0.15) is 10.5 Å². The summed E-state index contributed by atoms with van der Waals surface area (Å²) in [5.41, 5.74) is 1.88. The van der Waals surface area contributed by atoms with Crippen molar-refractivity contribution in [2.24, 2.45) is 0 Å². The molecule has 1 saturated heterocycles. The monoisotopic (exact) mass is 269 g/mol. The van der Waals surface area contributed by atoms with Gasteiger partial charge in [0.2, 0.25) is 0 Å². The summed E-state index contributed by atoms with van der Waals surface area (Å²) in [5.74, 6) is 0.729. The zero-order valence-electron chi connectivity index (χ0n) is 12.2. The number of hydrogen-bond donors (Lipinski definition) is 0. The first-order chi connectivity index (χ1) is 9.62. The second kappa shape index (κ2) is 5.90. The molecule has 0 radical (unpaired) electrons. The van der Waals surface area contributed by atoms with Crippen LogP contribution in [-0.2, 0) is 6.42 Å². The Balaban J connectivity index is 2.39. The number of likely N-dealkylation sites (N-methyl/N-ethyl adjacent to an activating group) is 1. The van der Waals surface area contributed by atoms with Crippen molar-refractivity contribution in [2.75, 3.05) is 32.1 Å². The molecular formula is C15H19N5. The van der Waals surface area contributed by atoms with Gasteiger partial charge in [-0.25, -0.2) is 4.98 Å². The van der Waals surface area contributed by atoms with E-state index in [2.05, 4.69) is 41.0 Å². The molecule has 1 aliphatic heterocycles. The molecule has 1 aromatic heterocycles. The fourth-order valence-electron chi connectivity index (χ4n) is 2.71. The van der Waals surface area contributed by atoms with Crippen molar-refractivity contribution in [3.05, 3.63) is 22.9 Å². The van der Waals surface area contributed by atoms with E-state index in [1.807, 2.05) is 6.92 Å². The number of nitriles is 2. The minimum atomic E-state index is 0.490. The third-order valence-corrected chi connectivity index (χ3v) is 3.95. The Kier molecular flexibility index (Phi) is 4.22. The second-order valence-electron chi connectivity index (χ2n) is 5.28. The Bertz CT molecular complexity index is 579. The van der Waals surface area contributed by atoms with Crippen molar-refractivity contribution in [2.45, 2.75) is 25.8 Å². The van der Waals surface area contributed by atoms with Gasteiger partial charge in [-0.05, 0) is 32.5 Å². The lowest BCUT2D eigenvalue weighted by molar-refractivity contribution is 0.315. The summed E-state index contributed by atoms with van der Waals surface area (Å²) in [5, 5.41) is 18.6. The van der Waals surface area contributed by atoms with Gasteiger partial charge in [0.25, 0.3) is 0 Å². The average molecular weight is 269 g/mol. The molecule has 1 aromatic rings. The third kappa shape index (κ3) is 2.45. The normalized spacial score (nSPS) is 18.1. The van der Waals surface area contributed by atoms with Gasteiger partial charge in [-0.1, -0.05) is 6.92 Å². The van der Waals surface area contributed by atoms with Gasteiger partial charge in [0.15, 0.2) is 0 Å². The Morgan fingerprint density at radius 3 is 2.65 bits per heavy atom. The third-order valence-electron chi connectivity index (χ3n) is 3.95. The van der Waals surface area contributed by atoms with E-state index in [1.54, 1.807) is 6.20 Å². The summed E-state index contributed by atoms with van der Waals surface area (Å²) in [7, 11) is 4.14. The molecule has 0 N–H and O–H groups in total. The smallest absolute Gasteiger partial charge is 0.146 e. The number of aromatic nitrogens is 1. The molecule has 0 spiro atoms. The van der Waals surface area contributed by atoms with Crippen LogP contribution >= 0.6 is 0 Å². The predicted octanol–water partition coefficient (Wildman–Crippen LogP) is 1.53. The summed E-state index contributed by atoms with van der Waals surface area (Å²) < 4.78 is 0. The van der Waals surface area contributed by atoms with Crippen LogP contribution in [-0.4, -0.2) is 43.1 Å². The van der Waals surface area contributed by atoms with Crippen LogP contribution in [0.4, 0.5) is 5.82 Å². The molecule has 1 fully saturated rings. The van der Waals surface area contributed by atoms with Crippen LogP contribution in [0.1, 0.15) is 30.0 Å². The summed E-state index contributed by atoms with van der Waals surface area (Å²) in [6.45, 7) is 3.75. The highest BCUT2D eigenvalue weighted by Gasteiger charge is 2.27. The molecule has 2 heterocycles. The molecular weight excluding hydrogens is 250 g/mol. The van der Waals surface area contributed by atoms with Crippen molar-refractivity contribution in [3.63, 3.8) is 0 Å². The molecule has 20 heavy (non-hydrogen) atoms. The molecule has 1 unspecified atom stereocenters. The van der Waals surface area contributed by atoms with Crippen molar-refractivity contribution in [1.29, 1.82) is 10.5 Å². The Morgan fingerprint density at radius 2 is 2.15 bits per heavy atom. The maximum atomic E-state index is 9.45. The highest BCUT2D eigenvalue weighted by molar-refractivity contribution is 5.62. The lowest BCUT2D eigenvalue weighted by atomic mass is 10.0. The van der Waals surface area contributed by atoms with Crippen molar-refractivity contribution in [1.82, 2.24) is 9.88 Å². The minimum absolute atomic E-state index is 0.490. The van der Waals surface area contributed by atoms with E-state index in [4.69, 9.17) is 5.26 Å². The van der Waals surface area contributed by atoms with E-state index < -0.39 is 0 Å². The van der Waals surface area contributed by atoms with Crippen LogP contribution in [0.2, 0.25) is 0 Å². The van der Waals surface area contributed by atoms with Crippen LogP contribution < -0.4 is 4.90 Å². The Hall–Kier alpha value is -2.11. The fourth-order valence-corrected chi connectivity index (χ4v) is 2.71. The first-order valence-electron chi connectivity index (χ1n) is 6.85. The van der Waals surface area contributed by atoms with E-state index in [0.717, 1.165) is 30.9 Å². The molecule has 1 atom stereocenters. The van der Waals surface area contributed by atoms with Gasteiger partial charge in [-0.15, -0.1) is 0 Å². The molecule has 1 aliphatic rings. The second-order valence-corrected chi connectivity index (χ2v) is 5.28. The summed E-state index contributed by atoms with van der Waals surface area (Å²) >= 11 is 0. The van der Waals surface area contributed by atoms with Crippen molar-refractivity contribution < 1.29 is 0 Å².